The van der Waals surface area contributed by atoms with Crippen molar-refractivity contribution in [1.82, 2.24) is 0 Å². The summed E-state index contributed by atoms with van der Waals surface area (Å²) in [5.41, 5.74) is 0.753. The van der Waals surface area contributed by atoms with Crippen molar-refractivity contribution >= 4 is 23.4 Å². The van der Waals surface area contributed by atoms with Gasteiger partial charge in [0.2, 0.25) is 0 Å². The Balaban J connectivity index is 2.20. The maximum absolute atomic E-state index is 12.1. The summed E-state index contributed by atoms with van der Waals surface area (Å²) in [7, 11) is 0. The minimum Gasteiger partial charge on any atom is -0.321 e. The molecule has 0 heterocycles. The molecule has 22 heavy (non-hydrogen) atoms. The van der Waals surface area contributed by atoms with Crippen molar-refractivity contribution in [2.45, 2.75) is 0 Å². The number of nitro groups is 1. The molecule has 0 saturated heterocycles. The molecule has 2 aromatic carbocycles. The maximum Gasteiger partial charge on any atom is 0.271 e. The summed E-state index contributed by atoms with van der Waals surface area (Å²) >= 11 is 0. The molecule has 0 unspecified atom stereocenters. The molecular formula is C16H11N3O3. The molecule has 108 valence electrons. The number of carbonyl (C=O) groups is 1. The Morgan fingerprint density at radius 1 is 1.18 bits per heavy atom. The normalized spacial score (nSPS) is 10.6. The van der Waals surface area contributed by atoms with Gasteiger partial charge in [-0.3, -0.25) is 14.9 Å². The van der Waals surface area contributed by atoms with Gasteiger partial charge in [-0.2, -0.15) is 5.26 Å². The first-order valence-corrected chi connectivity index (χ1v) is 6.33. The van der Waals surface area contributed by atoms with Crippen LogP contribution in [0.1, 0.15) is 5.56 Å². The van der Waals surface area contributed by atoms with Crippen LogP contribution in [0, 0.1) is 21.4 Å². The smallest absolute Gasteiger partial charge is 0.271 e. The predicted octanol–water partition coefficient (Wildman–Crippen LogP) is 3.14. The molecule has 0 fully saturated rings. The van der Waals surface area contributed by atoms with E-state index >= 15 is 0 Å². The third kappa shape index (κ3) is 3.77. The minimum absolute atomic E-state index is 0.0855. The molecule has 0 aliphatic carbocycles. The van der Waals surface area contributed by atoms with Gasteiger partial charge in [-0.05, 0) is 17.7 Å². The van der Waals surface area contributed by atoms with Crippen LogP contribution < -0.4 is 5.32 Å². The lowest BCUT2D eigenvalue weighted by molar-refractivity contribution is -0.384. The minimum atomic E-state index is -0.619. The Labute approximate surface area is 126 Å². The number of rotatable bonds is 4. The van der Waals surface area contributed by atoms with E-state index in [1.807, 2.05) is 12.1 Å². The average Bonchev–Trinajstić information content (AvgIpc) is 2.53. The van der Waals surface area contributed by atoms with E-state index in [1.165, 1.54) is 30.3 Å². The fraction of sp³-hybridized carbons (Fsp3) is 0. The Kier molecular flexibility index (Phi) is 4.63. The van der Waals surface area contributed by atoms with Crippen LogP contribution in [0.2, 0.25) is 0 Å². The van der Waals surface area contributed by atoms with Crippen molar-refractivity contribution in [2.24, 2.45) is 0 Å². The second-order valence-electron chi connectivity index (χ2n) is 4.34. The Morgan fingerprint density at radius 3 is 2.55 bits per heavy atom. The number of carbonyl (C=O) groups excluding carboxylic acids is 1. The zero-order valence-corrected chi connectivity index (χ0v) is 11.4. The standard InChI is InChI=1S/C16H11N3O3/c17-11-13(9-12-5-2-1-3-6-12)16(20)18-14-7-4-8-15(10-14)19(21)22/h1-10H,(H,18,20)/b13-9-. The molecule has 0 spiro atoms. The van der Waals surface area contributed by atoms with Gasteiger partial charge in [0.1, 0.15) is 11.6 Å². The zero-order valence-electron chi connectivity index (χ0n) is 11.4. The van der Waals surface area contributed by atoms with Crippen LogP contribution in [0.25, 0.3) is 6.08 Å². The monoisotopic (exact) mass is 293 g/mol. The SMILES string of the molecule is N#C/C(=C/c1ccccc1)C(=O)Nc1cccc([N+](=O)[O-])c1. The fourth-order valence-electron chi connectivity index (χ4n) is 1.76. The van der Waals surface area contributed by atoms with Gasteiger partial charge in [-0.25, -0.2) is 0 Å². The van der Waals surface area contributed by atoms with Crippen molar-refractivity contribution < 1.29 is 9.72 Å². The predicted molar refractivity (Wildman–Crippen MR) is 81.8 cm³/mol. The second kappa shape index (κ2) is 6.81. The highest BCUT2D eigenvalue weighted by Gasteiger charge is 2.12. The van der Waals surface area contributed by atoms with E-state index in [0.717, 1.165) is 0 Å². The van der Waals surface area contributed by atoms with Gasteiger partial charge in [-0.1, -0.05) is 36.4 Å². The largest absolute Gasteiger partial charge is 0.321 e. The molecule has 0 aliphatic heterocycles. The molecule has 0 radical (unpaired) electrons. The summed E-state index contributed by atoms with van der Waals surface area (Å²) in [6.45, 7) is 0. The molecule has 0 saturated carbocycles. The van der Waals surface area contributed by atoms with E-state index in [4.69, 9.17) is 5.26 Å². The van der Waals surface area contributed by atoms with E-state index in [9.17, 15) is 14.9 Å². The lowest BCUT2D eigenvalue weighted by atomic mass is 10.1. The maximum atomic E-state index is 12.1. The molecular weight excluding hydrogens is 282 g/mol. The Hall–Kier alpha value is -3.46. The van der Waals surface area contributed by atoms with Crippen LogP contribution in [0.3, 0.4) is 0 Å². The van der Waals surface area contributed by atoms with Crippen molar-refractivity contribution in [1.29, 1.82) is 5.26 Å². The molecule has 0 aromatic heterocycles. The zero-order chi connectivity index (χ0) is 15.9. The Bertz CT molecular complexity index is 777. The molecule has 1 amide bonds. The van der Waals surface area contributed by atoms with E-state index in [-0.39, 0.29) is 16.9 Å². The molecule has 0 aliphatic rings. The number of anilines is 1. The summed E-state index contributed by atoms with van der Waals surface area (Å²) in [5.74, 6) is -0.619. The van der Waals surface area contributed by atoms with E-state index < -0.39 is 10.8 Å². The number of benzene rings is 2. The van der Waals surface area contributed by atoms with E-state index in [1.54, 1.807) is 24.3 Å². The molecule has 6 heteroatoms. The summed E-state index contributed by atoms with van der Waals surface area (Å²) in [6, 6.07) is 16.3. The number of nitriles is 1. The number of hydrogen-bond donors (Lipinski definition) is 1. The van der Waals surface area contributed by atoms with Crippen molar-refractivity contribution in [3.05, 3.63) is 75.8 Å². The molecule has 2 aromatic rings. The highest BCUT2D eigenvalue weighted by Crippen LogP contribution is 2.18. The van der Waals surface area contributed by atoms with E-state index in [2.05, 4.69) is 5.32 Å². The number of hydrogen-bond acceptors (Lipinski definition) is 4. The number of non-ortho nitro benzene ring substituents is 1. The van der Waals surface area contributed by atoms with Crippen LogP contribution in [0.4, 0.5) is 11.4 Å². The summed E-state index contributed by atoms with van der Waals surface area (Å²) in [6.07, 6.45) is 1.45. The van der Waals surface area contributed by atoms with Gasteiger partial charge in [0.25, 0.3) is 11.6 Å². The first-order chi connectivity index (χ1) is 10.6. The van der Waals surface area contributed by atoms with Crippen LogP contribution in [0.15, 0.2) is 60.2 Å². The summed E-state index contributed by atoms with van der Waals surface area (Å²) < 4.78 is 0. The topological polar surface area (TPSA) is 96.0 Å². The second-order valence-corrected chi connectivity index (χ2v) is 4.34. The van der Waals surface area contributed by atoms with Gasteiger partial charge in [0.15, 0.2) is 0 Å². The van der Waals surface area contributed by atoms with Crippen LogP contribution >= 0.6 is 0 Å². The highest BCUT2D eigenvalue weighted by atomic mass is 16.6. The van der Waals surface area contributed by atoms with E-state index in [0.29, 0.717) is 5.56 Å². The van der Waals surface area contributed by atoms with Crippen molar-refractivity contribution in [3.63, 3.8) is 0 Å². The lowest BCUT2D eigenvalue weighted by Gasteiger charge is -2.04. The number of nitrogens with zero attached hydrogens (tertiary/aromatic N) is 2. The third-order valence-corrected chi connectivity index (χ3v) is 2.79. The van der Waals surface area contributed by atoms with Crippen molar-refractivity contribution in [2.75, 3.05) is 5.32 Å². The summed E-state index contributed by atoms with van der Waals surface area (Å²) in [4.78, 5) is 22.2. The number of nitro benzene ring substituents is 1. The van der Waals surface area contributed by atoms with Gasteiger partial charge < -0.3 is 5.32 Å². The average molecular weight is 293 g/mol. The lowest BCUT2D eigenvalue weighted by Crippen LogP contribution is -2.13. The van der Waals surface area contributed by atoms with Gasteiger partial charge >= 0.3 is 0 Å². The van der Waals surface area contributed by atoms with Gasteiger partial charge in [0, 0.05) is 17.8 Å². The molecule has 1 N–H and O–H groups in total. The first kappa shape index (κ1) is 14.9. The summed E-state index contributed by atoms with van der Waals surface area (Å²) in [5, 5.41) is 22.3. The molecule has 6 nitrogen and oxygen atoms in total. The fourth-order valence-corrected chi connectivity index (χ4v) is 1.76. The Morgan fingerprint density at radius 2 is 1.91 bits per heavy atom. The number of amides is 1. The number of nitrogens with one attached hydrogen (secondary N) is 1. The van der Waals surface area contributed by atoms with Crippen LogP contribution in [0.5, 0.6) is 0 Å². The quantitative estimate of drug-likeness (QED) is 0.405. The third-order valence-electron chi connectivity index (χ3n) is 2.79. The van der Waals surface area contributed by atoms with Gasteiger partial charge in [0.05, 0.1) is 4.92 Å². The van der Waals surface area contributed by atoms with Crippen LogP contribution in [-0.2, 0) is 4.79 Å². The molecule has 0 bridgehead atoms. The van der Waals surface area contributed by atoms with Crippen LogP contribution in [-0.4, -0.2) is 10.8 Å². The molecule has 2 rings (SSSR count). The first-order valence-electron chi connectivity index (χ1n) is 6.33. The van der Waals surface area contributed by atoms with Gasteiger partial charge in [-0.15, -0.1) is 0 Å². The van der Waals surface area contributed by atoms with Crippen molar-refractivity contribution in [3.8, 4) is 6.07 Å². The molecule has 0 atom stereocenters. The highest BCUT2D eigenvalue weighted by molar-refractivity contribution is 6.09.